The Hall–Kier alpha value is -2.86. The molecule has 0 heterocycles. The molecule has 1 atom stereocenters. The molecule has 0 saturated heterocycles. The van der Waals surface area contributed by atoms with Gasteiger partial charge in [0.25, 0.3) is 0 Å². The van der Waals surface area contributed by atoms with E-state index in [0.717, 1.165) is 11.1 Å². The van der Waals surface area contributed by atoms with Gasteiger partial charge in [0.15, 0.2) is 0 Å². The van der Waals surface area contributed by atoms with Crippen LogP contribution in [-0.2, 0) is 27.3 Å². The van der Waals surface area contributed by atoms with Gasteiger partial charge >= 0.3 is 5.97 Å². The van der Waals surface area contributed by atoms with Crippen molar-refractivity contribution < 1.29 is 19.5 Å². The number of carboxylic acid groups (broad SMARTS) is 1. The molecule has 0 aliphatic heterocycles. The fraction of sp³-hybridized carbons (Fsp3) is 0.250. The molecule has 2 amide bonds. The van der Waals surface area contributed by atoms with E-state index in [1.807, 2.05) is 30.3 Å². The molecule has 0 aliphatic rings. The van der Waals surface area contributed by atoms with Crippen LogP contribution < -0.4 is 10.6 Å². The van der Waals surface area contributed by atoms with Crippen molar-refractivity contribution in [2.24, 2.45) is 0 Å². The van der Waals surface area contributed by atoms with Crippen molar-refractivity contribution in [1.82, 2.24) is 10.6 Å². The molecule has 0 aromatic heterocycles. The summed E-state index contributed by atoms with van der Waals surface area (Å²) < 4.78 is 0. The summed E-state index contributed by atoms with van der Waals surface area (Å²) in [5.41, 5.74) is 1.66. The number of nitrogens with one attached hydrogen (secondary N) is 2. The Morgan fingerprint density at radius 3 is 2.26 bits per heavy atom. The molecule has 7 heteroatoms. The third-order valence-electron chi connectivity index (χ3n) is 3.89. The predicted octanol–water partition coefficient (Wildman–Crippen LogP) is 2.55. The Morgan fingerprint density at radius 1 is 0.963 bits per heavy atom. The third kappa shape index (κ3) is 7.50. The van der Waals surface area contributed by atoms with Crippen molar-refractivity contribution in [1.29, 1.82) is 0 Å². The smallest absolute Gasteiger partial charge is 0.303 e. The lowest BCUT2D eigenvalue weighted by molar-refractivity contribution is -0.138. The summed E-state index contributed by atoms with van der Waals surface area (Å²) in [5, 5.41) is 14.8. The summed E-state index contributed by atoms with van der Waals surface area (Å²) >= 11 is 5.82. The first-order valence-electron chi connectivity index (χ1n) is 8.51. The minimum Gasteiger partial charge on any atom is -0.481 e. The molecule has 3 N–H and O–H groups in total. The van der Waals surface area contributed by atoms with E-state index in [1.165, 1.54) is 0 Å². The van der Waals surface area contributed by atoms with E-state index >= 15 is 0 Å². The van der Waals surface area contributed by atoms with E-state index in [9.17, 15) is 14.4 Å². The van der Waals surface area contributed by atoms with Gasteiger partial charge in [-0.15, -0.1) is 0 Å². The minimum absolute atomic E-state index is 0.0162. The van der Waals surface area contributed by atoms with Crippen LogP contribution in [0.15, 0.2) is 54.6 Å². The molecular formula is C20H21ClN2O4. The van der Waals surface area contributed by atoms with Gasteiger partial charge < -0.3 is 15.7 Å². The SMILES string of the molecule is O=C(O)CC[C@H](NC(=O)Cc1ccc(Cl)cc1)C(=O)NCc1ccccc1. The van der Waals surface area contributed by atoms with Crippen LogP contribution in [-0.4, -0.2) is 28.9 Å². The number of halogens is 1. The lowest BCUT2D eigenvalue weighted by atomic mass is 10.1. The standard InChI is InChI=1S/C20H21ClN2O4/c21-16-8-6-14(7-9-16)12-18(24)23-17(10-11-19(25)26)20(27)22-13-15-4-2-1-3-5-15/h1-9,17H,10-13H2,(H,22,27)(H,23,24)(H,25,26)/t17-/m0/s1. The van der Waals surface area contributed by atoms with Crippen LogP contribution in [0.5, 0.6) is 0 Å². The molecular weight excluding hydrogens is 368 g/mol. The molecule has 0 unspecified atom stereocenters. The number of aliphatic carboxylic acids is 1. The molecule has 2 rings (SSSR count). The fourth-order valence-corrected chi connectivity index (χ4v) is 2.60. The normalized spacial score (nSPS) is 11.4. The van der Waals surface area contributed by atoms with E-state index in [-0.39, 0.29) is 25.2 Å². The van der Waals surface area contributed by atoms with E-state index in [2.05, 4.69) is 10.6 Å². The Kier molecular flexibility index (Phi) is 7.82. The molecule has 0 spiro atoms. The van der Waals surface area contributed by atoms with E-state index in [4.69, 9.17) is 16.7 Å². The first-order valence-corrected chi connectivity index (χ1v) is 8.89. The molecule has 142 valence electrons. The molecule has 0 saturated carbocycles. The number of carboxylic acids is 1. The lowest BCUT2D eigenvalue weighted by Gasteiger charge is -2.18. The van der Waals surface area contributed by atoms with Gasteiger partial charge in [-0.3, -0.25) is 14.4 Å². The number of carbonyl (C=O) groups excluding carboxylic acids is 2. The predicted molar refractivity (Wildman–Crippen MR) is 102 cm³/mol. The van der Waals surface area contributed by atoms with Gasteiger partial charge in [-0.05, 0) is 29.7 Å². The van der Waals surface area contributed by atoms with Crippen LogP contribution in [0.3, 0.4) is 0 Å². The Morgan fingerprint density at radius 2 is 1.63 bits per heavy atom. The van der Waals surface area contributed by atoms with Crippen LogP contribution in [0, 0.1) is 0 Å². The number of hydrogen-bond donors (Lipinski definition) is 3. The summed E-state index contributed by atoms with van der Waals surface area (Å²) in [6, 6.07) is 15.2. The van der Waals surface area contributed by atoms with Crippen LogP contribution in [0.2, 0.25) is 5.02 Å². The second-order valence-corrected chi connectivity index (χ2v) is 6.50. The second kappa shape index (κ2) is 10.3. The number of benzene rings is 2. The average Bonchev–Trinajstić information content (AvgIpc) is 2.65. The van der Waals surface area contributed by atoms with E-state index in [1.54, 1.807) is 24.3 Å². The van der Waals surface area contributed by atoms with Crippen molar-refractivity contribution >= 4 is 29.4 Å². The summed E-state index contributed by atoms with van der Waals surface area (Å²) in [6.45, 7) is 0.302. The van der Waals surface area contributed by atoms with E-state index < -0.39 is 17.9 Å². The summed E-state index contributed by atoms with van der Waals surface area (Å²) in [6.07, 6.45) is -0.125. The molecule has 2 aromatic carbocycles. The second-order valence-electron chi connectivity index (χ2n) is 6.06. The van der Waals surface area contributed by atoms with Crippen LogP contribution >= 0.6 is 11.6 Å². The van der Waals surface area contributed by atoms with Crippen molar-refractivity contribution in [2.75, 3.05) is 0 Å². The van der Waals surface area contributed by atoms with Crippen molar-refractivity contribution in [3.05, 3.63) is 70.7 Å². The highest BCUT2D eigenvalue weighted by atomic mass is 35.5. The first kappa shape index (κ1) is 20.5. The highest BCUT2D eigenvalue weighted by Gasteiger charge is 2.21. The highest BCUT2D eigenvalue weighted by Crippen LogP contribution is 2.10. The molecule has 27 heavy (non-hydrogen) atoms. The van der Waals surface area contributed by atoms with Crippen molar-refractivity contribution in [2.45, 2.75) is 31.8 Å². The molecule has 6 nitrogen and oxygen atoms in total. The lowest BCUT2D eigenvalue weighted by Crippen LogP contribution is -2.47. The molecule has 0 radical (unpaired) electrons. The van der Waals surface area contributed by atoms with Gasteiger partial charge in [0, 0.05) is 18.0 Å². The maximum absolute atomic E-state index is 12.4. The Labute approximate surface area is 162 Å². The molecule has 0 aliphatic carbocycles. The number of hydrogen-bond acceptors (Lipinski definition) is 3. The zero-order valence-electron chi connectivity index (χ0n) is 14.7. The Bertz CT molecular complexity index is 778. The topological polar surface area (TPSA) is 95.5 Å². The molecule has 0 fully saturated rings. The number of rotatable bonds is 9. The number of carbonyl (C=O) groups is 3. The minimum atomic E-state index is -1.03. The molecule has 0 bridgehead atoms. The maximum Gasteiger partial charge on any atom is 0.303 e. The highest BCUT2D eigenvalue weighted by molar-refractivity contribution is 6.30. The summed E-state index contributed by atoms with van der Waals surface area (Å²) in [4.78, 5) is 35.5. The maximum atomic E-state index is 12.4. The van der Waals surface area contributed by atoms with E-state index in [0.29, 0.717) is 11.6 Å². The Balaban J connectivity index is 1.94. The van der Waals surface area contributed by atoms with Crippen molar-refractivity contribution in [3.63, 3.8) is 0 Å². The monoisotopic (exact) mass is 388 g/mol. The number of amides is 2. The van der Waals surface area contributed by atoms with Crippen LogP contribution in [0.1, 0.15) is 24.0 Å². The van der Waals surface area contributed by atoms with Gasteiger partial charge in [0.1, 0.15) is 6.04 Å². The van der Waals surface area contributed by atoms with Gasteiger partial charge in [-0.1, -0.05) is 54.1 Å². The molecule has 2 aromatic rings. The van der Waals surface area contributed by atoms with Gasteiger partial charge in [0.05, 0.1) is 6.42 Å². The zero-order valence-corrected chi connectivity index (χ0v) is 15.4. The zero-order chi connectivity index (χ0) is 19.6. The summed E-state index contributed by atoms with van der Waals surface area (Å²) in [5.74, 6) is -1.80. The largest absolute Gasteiger partial charge is 0.481 e. The quantitative estimate of drug-likeness (QED) is 0.615. The summed E-state index contributed by atoms with van der Waals surface area (Å²) in [7, 11) is 0. The van der Waals surface area contributed by atoms with Gasteiger partial charge in [0.2, 0.25) is 11.8 Å². The van der Waals surface area contributed by atoms with Crippen LogP contribution in [0.4, 0.5) is 0 Å². The third-order valence-corrected chi connectivity index (χ3v) is 4.14. The van der Waals surface area contributed by atoms with Gasteiger partial charge in [-0.25, -0.2) is 0 Å². The first-order chi connectivity index (χ1) is 12.9. The average molecular weight is 389 g/mol. The van der Waals surface area contributed by atoms with Crippen LogP contribution in [0.25, 0.3) is 0 Å². The van der Waals surface area contributed by atoms with Crippen molar-refractivity contribution in [3.8, 4) is 0 Å². The van der Waals surface area contributed by atoms with Gasteiger partial charge in [-0.2, -0.15) is 0 Å². The fourth-order valence-electron chi connectivity index (χ4n) is 2.48.